The maximum absolute atomic E-state index is 15.1. The number of fused-ring (bicyclic) bond motifs is 2. The van der Waals surface area contributed by atoms with Gasteiger partial charge in [-0.2, -0.15) is 0 Å². The van der Waals surface area contributed by atoms with Crippen molar-refractivity contribution in [1.82, 2.24) is 9.97 Å². The minimum atomic E-state index is -1.28. The van der Waals surface area contributed by atoms with Crippen LogP contribution in [-0.4, -0.2) is 59.5 Å². The molecule has 3 aliphatic rings. The number of hydrogen-bond acceptors (Lipinski definition) is 12. The summed E-state index contributed by atoms with van der Waals surface area (Å²) < 4.78 is 84.4. The third kappa shape index (κ3) is 14.0. The van der Waals surface area contributed by atoms with Gasteiger partial charge in [-0.05, 0) is 142 Å². The highest BCUT2D eigenvalue weighted by molar-refractivity contribution is 6.18. The molecular weight excluding hydrogens is 1090 g/mol. The average Bonchev–Trinajstić information content (AvgIpc) is 3.48. The summed E-state index contributed by atoms with van der Waals surface area (Å²) in [4.78, 5) is 59.9. The lowest BCUT2D eigenvalue weighted by molar-refractivity contribution is -0.132. The van der Waals surface area contributed by atoms with E-state index in [1.165, 1.54) is 105 Å². The van der Waals surface area contributed by atoms with Crippen LogP contribution < -0.4 is 45.0 Å². The van der Waals surface area contributed by atoms with Gasteiger partial charge in [-0.15, -0.1) is 0 Å². The number of aromatic hydroxyl groups is 1. The van der Waals surface area contributed by atoms with E-state index in [4.69, 9.17) is 23.7 Å². The number of nitrogens with zero attached hydrogens (tertiary/aromatic N) is 2. The Bertz CT molecular complexity index is 3780. The van der Waals surface area contributed by atoms with Crippen LogP contribution in [0.25, 0.3) is 21.8 Å². The first-order valence-electron chi connectivity index (χ1n) is 26.9. The van der Waals surface area contributed by atoms with Crippen molar-refractivity contribution in [3.63, 3.8) is 0 Å². The van der Waals surface area contributed by atoms with Gasteiger partial charge in [0.05, 0.1) is 31.9 Å². The van der Waals surface area contributed by atoms with Gasteiger partial charge in [-0.1, -0.05) is 37.6 Å². The maximum Gasteiger partial charge on any atom is 0.240 e. The molecule has 0 atom stereocenters. The van der Waals surface area contributed by atoms with Gasteiger partial charge < -0.3 is 50.1 Å². The summed E-state index contributed by atoms with van der Waals surface area (Å²) in [6, 6.07) is 28.0. The monoisotopic (exact) mass is 1150 g/mol. The van der Waals surface area contributed by atoms with Gasteiger partial charge >= 0.3 is 0 Å². The topological polar surface area (TPSA) is 209 Å². The zero-order valence-electron chi connectivity index (χ0n) is 45.9. The Hall–Kier alpha value is -9.98. The number of benzene rings is 6. The number of phenolic OH excluding ortho intramolecular Hbond substituents is 1. The number of phenols is 1. The second kappa shape index (κ2) is 26.3. The molecule has 8 aromatic rings. The van der Waals surface area contributed by atoms with Gasteiger partial charge in [0, 0.05) is 70.2 Å². The number of rotatable bonds is 18. The Morgan fingerprint density at radius 1 is 0.488 bits per heavy atom. The predicted octanol–water partition coefficient (Wildman–Crippen LogP) is 14.1. The van der Waals surface area contributed by atoms with Crippen molar-refractivity contribution in [1.29, 1.82) is 0 Å². The molecule has 5 N–H and O–H groups in total. The quantitative estimate of drug-likeness (QED) is 0.0235. The van der Waals surface area contributed by atoms with Gasteiger partial charge in [0.2, 0.25) is 23.6 Å². The van der Waals surface area contributed by atoms with Crippen LogP contribution in [0.4, 0.5) is 40.3 Å². The molecule has 0 aliphatic heterocycles. The van der Waals surface area contributed by atoms with Crippen LogP contribution in [0, 0.1) is 34.1 Å². The number of unbranched alkanes of at least 4 members (excludes halogenated alkanes) is 1. The fourth-order valence-corrected chi connectivity index (χ4v) is 8.74. The summed E-state index contributed by atoms with van der Waals surface area (Å²) in [6.45, 7) is 2.62. The number of halogens is 4. The number of aromatic nitrogens is 2. The molecule has 0 radical (unpaired) electrons. The van der Waals surface area contributed by atoms with E-state index in [-0.39, 0.29) is 40.1 Å². The fraction of sp³-hybridized carbons (Fsp3) is 0.219. The zero-order chi connectivity index (χ0) is 59.4. The molecule has 0 spiro atoms. The molecule has 0 saturated heterocycles. The van der Waals surface area contributed by atoms with Gasteiger partial charge in [-0.25, -0.2) is 17.6 Å². The zero-order valence-corrected chi connectivity index (χ0v) is 45.9. The van der Waals surface area contributed by atoms with Crippen LogP contribution in [0.2, 0.25) is 0 Å². The van der Waals surface area contributed by atoms with Crippen molar-refractivity contribution < 1.29 is 65.5 Å². The number of nitrogens with one attached hydrogen (secondary N) is 4. The first-order chi connectivity index (χ1) is 40.6. The van der Waals surface area contributed by atoms with Gasteiger partial charge in [0.1, 0.15) is 34.0 Å². The Labute approximate surface area is 480 Å². The molecule has 20 heteroatoms. The number of methoxy groups -OCH3 is 2. The number of ether oxygens (including phenoxy) is 5. The molecule has 2 aromatic heterocycles. The molecule has 3 aliphatic carbocycles. The number of hydrogen-bond donors (Lipinski definition) is 5. The van der Waals surface area contributed by atoms with Crippen molar-refractivity contribution in [3.8, 4) is 46.0 Å². The van der Waals surface area contributed by atoms with Crippen molar-refractivity contribution in [2.75, 3.05) is 42.1 Å². The fourth-order valence-electron chi connectivity index (χ4n) is 8.74. The number of carbonyl (C=O) groups excluding carboxylic acids is 4. The second-order valence-electron chi connectivity index (χ2n) is 19.8. The summed E-state index contributed by atoms with van der Waals surface area (Å²) in [6.07, 6.45) is 17.3. The van der Waals surface area contributed by atoms with Crippen LogP contribution in [0.3, 0.4) is 0 Å². The predicted molar refractivity (Wildman–Crippen MR) is 310 cm³/mol. The van der Waals surface area contributed by atoms with E-state index in [1.54, 1.807) is 30.5 Å². The lowest BCUT2D eigenvalue weighted by Crippen LogP contribution is -2.35. The lowest BCUT2D eigenvalue weighted by atomic mass is 10.0. The van der Waals surface area contributed by atoms with Crippen LogP contribution in [-0.2, 0) is 19.2 Å². The standard InChI is InChI=1S/C31H29F2N3O5.C27H21F2N3O5.C6H8/c1-3-4-15-40-28-18-24-22(17-27(28)39-2)25(11-14-34-24)41-26-10-9-21(16-23(26)33)36-30(38)31(12-13-31)29(37)35-20-7-5-19(32)6-8-20;1-36-24-13-18-20(14-21(24)33)30-11-8-22(18)37-23-7-6-17(12-19(23)29)32-26(35)27(9-10-27)25(34)31-16-4-2-15(28)3-5-16;1-2-4-6-5-3-1/h5-11,14,16-18H,3-4,12-13,15H2,1-2H3,(H,35,37)(H,36,38);2-8,11-14,33H,9-10H2,1H3,(H,31,34)(H,32,35);1-2,5-6H,3-4H2. The van der Waals surface area contributed by atoms with Crippen LogP contribution >= 0.6 is 0 Å². The van der Waals surface area contributed by atoms with E-state index < -0.39 is 57.7 Å². The Balaban J connectivity index is 0.000000184. The van der Waals surface area contributed by atoms with E-state index in [2.05, 4.69) is 62.5 Å². The lowest BCUT2D eigenvalue weighted by Gasteiger charge is -2.16. The Kier molecular flexibility index (Phi) is 18.4. The third-order valence-corrected chi connectivity index (χ3v) is 13.9. The number of carbonyl (C=O) groups is 4. The minimum absolute atomic E-state index is 0.0621. The van der Waals surface area contributed by atoms with E-state index >= 15 is 4.39 Å². The SMILES string of the molecule is C1=CCC=CC1.CCCCOc1cc2nccc(Oc3ccc(NC(=O)C4(C(=O)Nc5ccc(F)cc5)CC4)cc3F)c2cc1OC.COc1cc2c(Oc3ccc(NC(=O)C4(C(=O)Nc5ccc(F)cc5)CC4)cc3F)ccnc2cc1O. The van der Waals surface area contributed by atoms with E-state index in [1.807, 2.05) is 0 Å². The number of amides is 4. The van der Waals surface area contributed by atoms with Crippen LogP contribution in [0.15, 0.2) is 158 Å². The highest BCUT2D eigenvalue weighted by Gasteiger charge is 2.57. The van der Waals surface area contributed by atoms with E-state index in [9.17, 15) is 37.5 Å². The van der Waals surface area contributed by atoms with Crippen molar-refractivity contribution in [3.05, 3.63) is 181 Å². The molecule has 432 valence electrons. The molecule has 2 saturated carbocycles. The molecular formula is C64H58F4N6O10. The second-order valence-corrected chi connectivity index (χ2v) is 19.8. The van der Waals surface area contributed by atoms with Crippen LogP contribution in [0.5, 0.6) is 46.0 Å². The molecule has 2 heterocycles. The molecule has 0 unspecified atom stereocenters. The number of allylic oxidation sites excluding steroid dienone is 4. The molecule has 16 nitrogen and oxygen atoms in total. The maximum atomic E-state index is 15.1. The molecule has 0 bridgehead atoms. The smallest absolute Gasteiger partial charge is 0.240 e. The van der Waals surface area contributed by atoms with Gasteiger partial charge in [0.15, 0.2) is 46.1 Å². The summed E-state index contributed by atoms with van der Waals surface area (Å²) in [5.41, 5.74) is -0.451. The Morgan fingerprint density at radius 3 is 1.29 bits per heavy atom. The highest BCUT2D eigenvalue weighted by atomic mass is 19.1. The number of anilines is 4. The van der Waals surface area contributed by atoms with Gasteiger partial charge in [-0.3, -0.25) is 29.1 Å². The van der Waals surface area contributed by atoms with Crippen molar-refractivity contribution >= 4 is 68.2 Å². The van der Waals surface area contributed by atoms with E-state index in [0.717, 1.165) is 37.8 Å². The van der Waals surface area contributed by atoms with Crippen molar-refractivity contribution in [2.24, 2.45) is 10.8 Å². The van der Waals surface area contributed by atoms with Crippen LogP contribution in [0.1, 0.15) is 58.3 Å². The normalized spacial score (nSPS) is 13.8. The largest absolute Gasteiger partial charge is 0.504 e. The average molecular weight is 1150 g/mol. The third-order valence-electron chi connectivity index (χ3n) is 13.9. The first kappa shape index (κ1) is 58.7. The highest BCUT2D eigenvalue weighted by Crippen LogP contribution is 2.49. The minimum Gasteiger partial charge on any atom is -0.504 e. The van der Waals surface area contributed by atoms with Gasteiger partial charge in [0.25, 0.3) is 0 Å². The molecule has 84 heavy (non-hydrogen) atoms. The summed E-state index contributed by atoms with van der Waals surface area (Å²) in [5, 5.41) is 21.6. The first-order valence-corrected chi connectivity index (χ1v) is 26.9. The number of pyridine rings is 2. The Morgan fingerprint density at radius 2 is 0.893 bits per heavy atom. The summed E-state index contributed by atoms with van der Waals surface area (Å²) >= 11 is 0. The molecule has 2 fully saturated rings. The van der Waals surface area contributed by atoms with E-state index in [0.29, 0.717) is 82.7 Å². The molecule has 11 rings (SSSR count). The molecule has 6 aromatic carbocycles. The molecule has 4 amide bonds. The summed E-state index contributed by atoms with van der Waals surface area (Å²) in [5.74, 6) is -2.79. The summed E-state index contributed by atoms with van der Waals surface area (Å²) in [7, 11) is 2.94. The van der Waals surface area contributed by atoms with Crippen molar-refractivity contribution in [2.45, 2.75) is 58.3 Å².